The fourth-order valence-corrected chi connectivity index (χ4v) is 3.92. The summed E-state index contributed by atoms with van der Waals surface area (Å²) in [4.78, 5) is 14.0. The minimum Gasteiger partial charge on any atom is -0.317 e. The zero-order valence-electron chi connectivity index (χ0n) is 9.64. The van der Waals surface area contributed by atoms with Gasteiger partial charge in [-0.1, -0.05) is 20.3 Å². The summed E-state index contributed by atoms with van der Waals surface area (Å²) < 4.78 is 0. The summed E-state index contributed by atoms with van der Waals surface area (Å²) in [6, 6.07) is 1.91. The van der Waals surface area contributed by atoms with Gasteiger partial charge in [0.05, 0.1) is 11.4 Å². The van der Waals surface area contributed by atoms with E-state index >= 15 is 0 Å². The molecular formula is C11H17N3OS. The first-order valence-corrected chi connectivity index (χ1v) is 6.72. The van der Waals surface area contributed by atoms with Crippen molar-refractivity contribution in [1.29, 1.82) is 5.26 Å². The first-order chi connectivity index (χ1) is 7.54. The lowest BCUT2D eigenvalue weighted by Crippen LogP contribution is -2.54. The molecule has 2 saturated heterocycles. The number of nitriles is 1. The highest BCUT2D eigenvalue weighted by atomic mass is 32.2. The molecule has 0 unspecified atom stereocenters. The fraction of sp³-hybridized carbons (Fsp3) is 0.818. The summed E-state index contributed by atoms with van der Waals surface area (Å²) in [5.41, 5.74) is 5.50. The molecule has 2 aliphatic rings. The predicted molar refractivity (Wildman–Crippen MR) is 63.5 cm³/mol. The van der Waals surface area contributed by atoms with E-state index in [9.17, 15) is 4.79 Å². The second-order valence-electron chi connectivity index (χ2n) is 4.70. The Balaban J connectivity index is 2.26. The van der Waals surface area contributed by atoms with Gasteiger partial charge >= 0.3 is 0 Å². The van der Waals surface area contributed by atoms with Gasteiger partial charge in [0, 0.05) is 12.2 Å². The molecule has 16 heavy (non-hydrogen) atoms. The van der Waals surface area contributed by atoms with Crippen molar-refractivity contribution in [2.24, 2.45) is 11.7 Å². The van der Waals surface area contributed by atoms with Crippen LogP contribution in [-0.2, 0) is 4.79 Å². The van der Waals surface area contributed by atoms with Gasteiger partial charge in [0.15, 0.2) is 0 Å². The van der Waals surface area contributed by atoms with Crippen LogP contribution < -0.4 is 5.73 Å². The number of carbonyl (C=O) groups is 1. The number of nitrogens with two attached hydrogens (primary N) is 1. The van der Waals surface area contributed by atoms with Crippen molar-refractivity contribution in [3.8, 4) is 6.07 Å². The van der Waals surface area contributed by atoms with E-state index in [1.54, 1.807) is 16.7 Å². The Hall–Kier alpha value is -0.730. The molecule has 0 saturated carbocycles. The third kappa shape index (κ3) is 1.44. The van der Waals surface area contributed by atoms with Gasteiger partial charge in [-0.2, -0.15) is 5.26 Å². The first kappa shape index (κ1) is 11.7. The highest BCUT2D eigenvalue weighted by molar-refractivity contribution is 8.00. The molecule has 5 heteroatoms. The molecule has 0 aliphatic carbocycles. The molecule has 0 radical (unpaired) electrons. The zero-order valence-corrected chi connectivity index (χ0v) is 10.5. The van der Waals surface area contributed by atoms with Gasteiger partial charge in [-0.25, -0.2) is 0 Å². The Kier molecular flexibility index (Phi) is 2.89. The third-order valence-corrected chi connectivity index (χ3v) is 5.17. The largest absolute Gasteiger partial charge is 0.317 e. The van der Waals surface area contributed by atoms with Crippen molar-refractivity contribution in [3.63, 3.8) is 0 Å². The number of carbonyl (C=O) groups excluding carboxylic acids is 1. The molecule has 2 fully saturated rings. The van der Waals surface area contributed by atoms with E-state index < -0.39 is 5.54 Å². The van der Waals surface area contributed by atoms with Crippen LogP contribution in [0.3, 0.4) is 0 Å². The maximum absolute atomic E-state index is 12.3. The molecule has 0 aromatic carbocycles. The standard InChI is InChI=1S/C11H17N3OS/c1-3-7(2)11(13)4-9-14(10(11)15)8(5-12)6-16-9/h7-9H,3-4,6,13H2,1-2H3/t7-,8-,9+,11+/m1/s1. The van der Waals surface area contributed by atoms with Gasteiger partial charge in [-0.05, 0) is 5.92 Å². The van der Waals surface area contributed by atoms with Gasteiger partial charge in [0.1, 0.15) is 11.6 Å². The van der Waals surface area contributed by atoms with E-state index in [1.165, 1.54) is 0 Å². The van der Waals surface area contributed by atoms with Crippen molar-refractivity contribution in [3.05, 3.63) is 0 Å². The van der Waals surface area contributed by atoms with Crippen LogP contribution in [0.25, 0.3) is 0 Å². The molecule has 88 valence electrons. The van der Waals surface area contributed by atoms with Crippen molar-refractivity contribution < 1.29 is 4.79 Å². The molecule has 1 amide bonds. The van der Waals surface area contributed by atoms with Gasteiger partial charge in [0.25, 0.3) is 0 Å². The normalized spacial score (nSPS) is 39.6. The smallest absolute Gasteiger partial charge is 0.245 e. The van der Waals surface area contributed by atoms with Crippen molar-refractivity contribution in [1.82, 2.24) is 4.90 Å². The van der Waals surface area contributed by atoms with Crippen molar-refractivity contribution in [2.75, 3.05) is 5.75 Å². The summed E-state index contributed by atoms with van der Waals surface area (Å²) in [6.45, 7) is 4.07. The van der Waals surface area contributed by atoms with E-state index in [0.717, 1.165) is 12.2 Å². The molecule has 2 N–H and O–H groups in total. The minimum absolute atomic E-state index is 0.0246. The van der Waals surface area contributed by atoms with E-state index in [-0.39, 0.29) is 23.2 Å². The lowest BCUT2D eigenvalue weighted by atomic mass is 9.83. The quantitative estimate of drug-likeness (QED) is 0.778. The first-order valence-electron chi connectivity index (χ1n) is 5.67. The Labute approximate surface area is 100 Å². The number of fused-ring (bicyclic) bond motifs is 1. The Morgan fingerprint density at radius 2 is 2.50 bits per heavy atom. The van der Waals surface area contributed by atoms with Crippen LogP contribution in [0.15, 0.2) is 0 Å². The number of nitrogens with zero attached hydrogens (tertiary/aromatic N) is 2. The highest BCUT2D eigenvalue weighted by Crippen LogP contribution is 2.44. The Morgan fingerprint density at radius 1 is 1.81 bits per heavy atom. The number of rotatable bonds is 2. The van der Waals surface area contributed by atoms with Crippen LogP contribution in [-0.4, -0.2) is 33.5 Å². The number of hydrogen-bond donors (Lipinski definition) is 1. The predicted octanol–water partition coefficient (Wildman–Crippen LogP) is 0.927. The SMILES string of the molecule is CC[C@@H](C)[C@@]1(N)C[C@@H]2SC[C@@H](C#N)N2C1=O. The summed E-state index contributed by atoms with van der Waals surface area (Å²) in [7, 11) is 0. The van der Waals surface area contributed by atoms with E-state index in [1.807, 2.05) is 13.8 Å². The highest BCUT2D eigenvalue weighted by Gasteiger charge is 2.56. The molecule has 0 aromatic rings. The summed E-state index contributed by atoms with van der Waals surface area (Å²) >= 11 is 1.68. The maximum Gasteiger partial charge on any atom is 0.245 e. The lowest BCUT2D eigenvalue weighted by molar-refractivity contribution is -0.134. The second-order valence-corrected chi connectivity index (χ2v) is 5.91. The molecule has 2 aliphatic heterocycles. The average molecular weight is 239 g/mol. The second kappa shape index (κ2) is 3.94. The van der Waals surface area contributed by atoms with Gasteiger partial charge in [-0.15, -0.1) is 11.8 Å². The molecule has 0 spiro atoms. The molecule has 0 aromatic heterocycles. The van der Waals surface area contributed by atoms with Crippen LogP contribution in [0.2, 0.25) is 0 Å². The molecule has 2 rings (SSSR count). The van der Waals surface area contributed by atoms with Crippen molar-refractivity contribution in [2.45, 2.75) is 43.6 Å². The average Bonchev–Trinajstić information content (AvgIpc) is 2.78. The van der Waals surface area contributed by atoms with Gasteiger partial charge in [0.2, 0.25) is 5.91 Å². The van der Waals surface area contributed by atoms with E-state index in [2.05, 4.69) is 6.07 Å². The van der Waals surface area contributed by atoms with Gasteiger partial charge < -0.3 is 10.6 Å². The Morgan fingerprint density at radius 3 is 3.06 bits per heavy atom. The monoisotopic (exact) mass is 239 g/mol. The topological polar surface area (TPSA) is 70.1 Å². The summed E-state index contributed by atoms with van der Waals surface area (Å²) in [5, 5.41) is 9.12. The molecule has 4 atom stereocenters. The van der Waals surface area contributed by atoms with Gasteiger partial charge in [-0.3, -0.25) is 4.79 Å². The fourth-order valence-electron chi connectivity index (χ4n) is 2.49. The van der Waals surface area contributed by atoms with Crippen LogP contribution in [0, 0.1) is 17.2 Å². The molecule has 2 heterocycles. The zero-order chi connectivity index (χ0) is 11.9. The van der Waals surface area contributed by atoms with Crippen LogP contribution in [0.4, 0.5) is 0 Å². The number of thioether (sulfide) groups is 1. The van der Waals surface area contributed by atoms with Crippen LogP contribution >= 0.6 is 11.8 Å². The minimum atomic E-state index is -0.748. The Bertz CT molecular complexity index is 354. The number of amides is 1. The maximum atomic E-state index is 12.3. The van der Waals surface area contributed by atoms with E-state index in [4.69, 9.17) is 11.0 Å². The summed E-state index contributed by atoms with van der Waals surface area (Å²) in [5.74, 6) is 0.873. The third-order valence-electron chi connectivity index (χ3n) is 3.88. The lowest BCUT2D eigenvalue weighted by Gasteiger charge is -2.29. The van der Waals surface area contributed by atoms with E-state index in [0.29, 0.717) is 6.42 Å². The molecular weight excluding hydrogens is 222 g/mol. The van der Waals surface area contributed by atoms with Crippen LogP contribution in [0.5, 0.6) is 0 Å². The number of hydrogen-bond acceptors (Lipinski definition) is 4. The molecule has 4 nitrogen and oxygen atoms in total. The van der Waals surface area contributed by atoms with Crippen molar-refractivity contribution >= 4 is 17.7 Å². The van der Waals surface area contributed by atoms with Crippen LogP contribution in [0.1, 0.15) is 26.7 Å². The molecule has 0 bridgehead atoms. The summed E-state index contributed by atoms with van der Waals surface area (Å²) in [6.07, 6.45) is 1.58.